The van der Waals surface area contributed by atoms with Crippen LogP contribution in [0.3, 0.4) is 0 Å². The van der Waals surface area contributed by atoms with Crippen molar-refractivity contribution in [2.45, 2.75) is 38.0 Å². The summed E-state index contributed by atoms with van der Waals surface area (Å²) in [6, 6.07) is 6.39. The predicted molar refractivity (Wildman–Crippen MR) is 70.2 cm³/mol. The Labute approximate surface area is 101 Å². The summed E-state index contributed by atoms with van der Waals surface area (Å²) in [4.78, 5) is 4.86. The highest BCUT2D eigenvalue weighted by Crippen LogP contribution is 2.55. The largest absolute Gasteiger partial charge is 0.398 e. The Morgan fingerprint density at radius 2 is 2.06 bits per heavy atom. The van der Waals surface area contributed by atoms with E-state index in [1.807, 2.05) is 0 Å². The van der Waals surface area contributed by atoms with Crippen LogP contribution in [-0.4, -0.2) is 4.98 Å². The lowest BCUT2D eigenvalue weighted by Gasteiger charge is -2.18. The maximum absolute atomic E-state index is 6.39. The first-order valence-electron chi connectivity index (χ1n) is 6.43. The third kappa shape index (κ3) is 1.13. The second kappa shape index (κ2) is 3.00. The summed E-state index contributed by atoms with van der Waals surface area (Å²) >= 11 is 0. The number of fused-ring (bicyclic) bond motifs is 6. The van der Waals surface area contributed by atoms with Crippen LogP contribution < -0.4 is 5.73 Å². The summed E-state index contributed by atoms with van der Waals surface area (Å²) in [7, 11) is 0. The Balaban J connectivity index is 2.10. The molecule has 1 saturated carbocycles. The smallest absolute Gasteiger partial charge is 0.0726 e. The van der Waals surface area contributed by atoms with Crippen LogP contribution >= 0.6 is 0 Å². The second-order valence-electron chi connectivity index (χ2n) is 5.55. The molecule has 1 heterocycles. The molecule has 0 radical (unpaired) electrons. The van der Waals surface area contributed by atoms with Crippen LogP contribution in [0, 0.1) is 6.92 Å². The topological polar surface area (TPSA) is 38.9 Å². The first-order valence-corrected chi connectivity index (χ1v) is 6.43. The molecule has 1 aromatic heterocycles. The number of benzene rings is 1. The molecule has 1 fully saturated rings. The number of aryl methyl sites for hydroxylation is 1. The van der Waals surface area contributed by atoms with E-state index in [9.17, 15) is 0 Å². The Morgan fingerprint density at radius 1 is 1.24 bits per heavy atom. The summed E-state index contributed by atoms with van der Waals surface area (Å²) in [5, 5.41) is 1.15. The maximum atomic E-state index is 6.39. The molecule has 2 heteroatoms. The van der Waals surface area contributed by atoms with Gasteiger partial charge in [-0.25, -0.2) is 0 Å². The predicted octanol–water partition coefficient (Wildman–Crippen LogP) is 3.49. The van der Waals surface area contributed by atoms with Crippen molar-refractivity contribution in [3.05, 3.63) is 35.0 Å². The number of nitrogen functional groups attached to an aromatic ring is 1. The van der Waals surface area contributed by atoms with E-state index in [1.165, 1.54) is 36.1 Å². The molecule has 2 aromatic rings. The molecule has 2 bridgehead atoms. The number of aromatic nitrogens is 1. The van der Waals surface area contributed by atoms with Crippen molar-refractivity contribution in [3.63, 3.8) is 0 Å². The third-order valence-corrected chi connectivity index (χ3v) is 4.48. The zero-order valence-corrected chi connectivity index (χ0v) is 10.0. The minimum atomic E-state index is 0.683. The Kier molecular flexibility index (Phi) is 1.67. The number of anilines is 1. The molecule has 2 aliphatic rings. The van der Waals surface area contributed by atoms with Gasteiger partial charge in [-0.05, 0) is 44.2 Å². The molecule has 2 unspecified atom stereocenters. The van der Waals surface area contributed by atoms with Gasteiger partial charge in [-0.1, -0.05) is 11.6 Å². The van der Waals surface area contributed by atoms with Crippen LogP contribution in [0.4, 0.5) is 5.69 Å². The second-order valence-corrected chi connectivity index (χ2v) is 5.55. The number of rotatable bonds is 0. The quantitative estimate of drug-likeness (QED) is 0.744. The number of hydrogen-bond acceptors (Lipinski definition) is 2. The minimum Gasteiger partial charge on any atom is -0.398 e. The van der Waals surface area contributed by atoms with E-state index >= 15 is 0 Å². The monoisotopic (exact) mass is 224 g/mol. The maximum Gasteiger partial charge on any atom is 0.0726 e. The van der Waals surface area contributed by atoms with Crippen molar-refractivity contribution >= 4 is 16.6 Å². The molecule has 0 amide bonds. The molecular formula is C15H16N2. The van der Waals surface area contributed by atoms with Gasteiger partial charge in [-0.2, -0.15) is 0 Å². The van der Waals surface area contributed by atoms with Crippen molar-refractivity contribution in [2.24, 2.45) is 0 Å². The number of nitrogens with two attached hydrogens (primary N) is 1. The van der Waals surface area contributed by atoms with Gasteiger partial charge in [0.05, 0.1) is 5.52 Å². The van der Waals surface area contributed by atoms with Gasteiger partial charge in [0.2, 0.25) is 0 Å². The molecule has 0 saturated heterocycles. The fourth-order valence-corrected chi connectivity index (χ4v) is 3.67. The molecular weight excluding hydrogens is 208 g/mol. The zero-order chi connectivity index (χ0) is 11.6. The van der Waals surface area contributed by atoms with Gasteiger partial charge in [-0.3, -0.25) is 4.98 Å². The van der Waals surface area contributed by atoms with Crippen molar-refractivity contribution in [1.29, 1.82) is 0 Å². The fraction of sp³-hybridized carbons (Fsp3) is 0.400. The Bertz CT molecular complexity index is 630. The third-order valence-electron chi connectivity index (χ3n) is 4.48. The van der Waals surface area contributed by atoms with E-state index in [0.29, 0.717) is 11.8 Å². The van der Waals surface area contributed by atoms with Crippen molar-refractivity contribution in [2.75, 3.05) is 5.73 Å². The van der Waals surface area contributed by atoms with Crippen LogP contribution in [0.25, 0.3) is 10.9 Å². The SMILES string of the molecule is Cc1ccc2nc3c(c(N)c2c1)C1CCC3C1. The summed E-state index contributed by atoms with van der Waals surface area (Å²) in [5.41, 5.74) is 12.4. The van der Waals surface area contributed by atoms with Crippen LogP contribution in [0.1, 0.15) is 47.9 Å². The van der Waals surface area contributed by atoms with Gasteiger partial charge in [0.25, 0.3) is 0 Å². The highest BCUT2D eigenvalue weighted by Gasteiger charge is 2.39. The molecule has 4 rings (SSSR count). The summed E-state index contributed by atoms with van der Waals surface area (Å²) in [6.07, 6.45) is 3.89. The lowest BCUT2D eigenvalue weighted by molar-refractivity contribution is 0.702. The first kappa shape index (κ1) is 9.46. The molecule has 2 N–H and O–H groups in total. The van der Waals surface area contributed by atoms with Crippen molar-refractivity contribution < 1.29 is 0 Å². The van der Waals surface area contributed by atoms with E-state index in [4.69, 9.17) is 10.7 Å². The Hall–Kier alpha value is -1.57. The van der Waals surface area contributed by atoms with E-state index in [1.54, 1.807) is 0 Å². The van der Waals surface area contributed by atoms with E-state index in [2.05, 4.69) is 25.1 Å². The molecule has 17 heavy (non-hydrogen) atoms. The lowest BCUT2D eigenvalue weighted by Crippen LogP contribution is -2.06. The van der Waals surface area contributed by atoms with Crippen LogP contribution in [-0.2, 0) is 0 Å². The molecule has 2 aliphatic carbocycles. The number of hydrogen-bond donors (Lipinski definition) is 1. The van der Waals surface area contributed by atoms with Gasteiger partial charge >= 0.3 is 0 Å². The molecule has 0 spiro atoms. The Morgan fingerprint density at radius 3 is 2.94 bits per heavy atom. The zero-order valence-electron chi connectivity index (χ0n) is 10.0. The van der Waals surface area contributed by atoms with Crippen LogP contribution in [0.5, 0.6) is 0 Å². The summed E-state index contributed by atoms with van der Waals surface area (Å²) < 4.78 is 0. The summed E-state index contributed by atoms with van der Waals surface area (Å²) in [5.74, 6) is 1.37. The van der Waals surface area contributed by atoms with Crippen LogP contribution in [0.15, 0.2) is 18.2 Å². The molecule has 0 aliphatic heterocycles. The minimum absolute atomic E-state index is 0.683. The standard InChI is InChI=1S/C15H16N2/c1-8-2-5-12-11(6-8)14(16)13-9-3-4-10(7-9)15(13)17-12/h2,5-6,9-10H,3-4,7H2,1H3,(H2,16,17). The normalized spacial score (nSPS) is 25.5. The van der Waals surface area contributed by atoms with E-state index < -0.39 is 0 Å². The highest BCUT2D eigenvalue weighted by atomic mass is 14.8. The first-order chi connectivity index (χ1) is 8.24. The average molecular weight is 224 g/mol. The van der Waals surface area contributed by atoms with Gasteiger partial charge in [0.1, 0.15) is 0 Å². The molecule has 2 nitrogen and oxygen atoms in total. The van der Waals surface area contributed by atoms with Gasteiger partial charge in [-0.15, -0.1) is 0 Å². The summed E-state index contributed by atoms with van der Waals surface area (Å²) in [6.45, 7) is 2.11. The molecule has 1 aromatic carbocycles. The van der Waals surface area contributed by atoms with Gasteiger partial charge in [0.15, 0.2) is 0 Å². The molecule has 2 atom stereocenters. The van der Waals surface area contributed by atoms with Crippen molar-refractivity contribution in [3.8, 4) is 0 Å². The fourth-order valence-electron chi connectivity index (χ4n) is 3.67. The molecule has 86 valence electrons. The number of pyridine rings is 1. The van der Waals surface area contributed by atoms with Crippen LogP contribution in [0.2, 0.25) is 0 Å². The average Bonchev–Trinajstić information content (AvgIpc) is 2.91. The number of nitrogens with zero attached hydrogens (tertiary/aromatic N) is 1. The van der Waals surface area contributed by atoms with Gasteiger partial charge in [0, 0.05) is 28.2 Å². The lowest BCUT2D eigenvalue weighted by atomic mass is 9.92. The van der Waals surface area contributed by atoms with Gasteiger partial charge < -0.3 is 5.73 Å². The van der Waals surface area contributed by atoms with Crippen molar-refractivity contribution in [1.82, 2.24) is 4.98 Å². The van der Waals surface area contributed by atoms with E-state index in [-0.39, 0.29) is 0 Å². The highest BCUT2D eigenvalue weighted by molar-refractivity contribution is 5.93. The van der Waals surface area contributed by atoms with E-state index in [0.717, 1.165) is 16.6 Å².